The maximum Gasteiger partial charge on any atom is 0.141 e. The molecular formula is C14H15FN2. The number of nitrogens with zero attached hydrogens (tertiary/aromatic N) is 1. The van der Waals surface area contributed by atoms with Crippen LogP contribution in [0.3, 0.4) is 0 Å². The molecule has 0 amide bonds. The van der Waals surface area contributed by atoms with E-state index in [1.807, 2.05) is 12.1 Å². The summed E-state index contributed by atoms with van der Waals surface area (Å²) in [6.07, 6.45) is 2.89. The first-order valence-electron chi connectivity index (χ1n) is 5.60. The third-order valence-corrected chi connectivity index (χ3v) is 2.67. The van der Waals surface area contributed by atoms with Gasteiger partial charge in [-0.2, -0.15) is 0 Å². The molecule has 88 valence electrons. The fraction of sp³-hybridized carbons (Fsp3) is 0.214. The maximum absolute atomic E-state index is 12.9. The normalized spacial score (nSPS) is 10.5. The second kappa shape index (κ2) is 5.55. The summed E-state index contributed by atoms with van der Waals surface area (Å²) in [5.41, 5.74) is 3.38. The molecule has 1 aromatic carbocycles. The summed E-state index contributed by atoms with van der Waals surface area (Å²) >= 11 is 0. The minimum Gasteiger partial charge on any atom is -0.309 e. The van der Waals surface area contributed by atoms with Crippen LogP contribution in [0.4, 0.5) is 4.39 Å². The molecular weight excluding hydrogens is 215 g/mol. The van der Waals surface area contributed by atoms with Crippen LogP contribution in [0, 0.1) is 12.7 Å². The van der Waals surface area contributed by atoms with Crippen molar-refractivity contribution in [2.75, 3.05) is 0 Å². The van der Waals surface area contributed by atoms with E-state index in [0.29, 0.717) is 6.54 Å². The number of hydrogen-bond acceptors (Lipinski definition) is 2. The summed E-state index contributed by atoms with van der Waals surface area (Å²) in [5, 5.41) is 3.28. The molecule has 17 heavy (non-hydrogen) atoms. The number of hydrogen-bond donors (Lipinski definition) is 1. The van der Waals surface area contributed by atoms with Crippen LogP contribution in [0.1, 0.15) is 16.7 Å². The highest BCUT2D eigenvalue weighted by atomic mass is 19.1. The Kier molecular flexibility index (Phi) is 3.83. The van der Waals surface area contributed by atoms with Crippen molar-refractivity contribution in [3.8, 4) is 0 Å². The Balaban J connectivity index is 1.90. The lowest BCUT2D eigenvalue weighted by molar-refractivity contribution is 0.612. The molecule has 0 saturated heterocycles. The molecule has 0 unspecified atom stereocenters. The summed E-state index contributed by atoms with van der Waals surface area (Å²) in [6.45, 7) is 3.49. The number of aryl methyl sites for hydroxylation is 1. The van der Waals surface area contributed by atoms with E-state index >= 15 is 0 Å². The van der Waals surface area contributed by atoms with Gasteiger partial charge in [0.05, 0.1) is 6.20 Å². The first-order chi connectivity index (χ1) is 8.25. The van der Waals surface area contributed by atoms with Gasteiger partial charge in [-0.15, -0.1) is 0 Å². The predicted molar refractivity (Wildman–Crippen MR) is 65.9 cm³/mol. The SMILES string of the molecule is Cc1ccccc1CNCc1cncc(F)c1. The fourth-order valence-electron chi connectivity index (χ4n) is 1.70. The van der Waals surface area contributed by atoms with Gasteiger partial charge >= 0.3 is 0 Å². The topological polar surface area (TPSA) is 24.9 Å². The molecule has 0 spiro atoms. The Morgan fingerprint density at radius 2 is 2.00 bits per heavy atom. The number of aromatic nitrogens is 1. The van der Waals surface area contributed by atoms with Crippen LogP contribution in [0.15, 0.2) is 42.7 Å². The van der Waals surface area contributed by atoms with Crippen molar-refractivity contribution in [2.45, 2.75) is 20.0 Å². The van der Waals surface area contributed by atoms with E-state index in [0.717, 1.165) is 12.1 Å². The molecule has 0 radical (unpaired) electrons. The molecule has 1 aromatic heterocycles. The van der Waals surface area contributed by atoms with E-state index in [4.69, 9.17) is 0 Å². The van der Waals surface area contributed by atoms with Crippen molar-refractivity contribution in [2.24, 2.45) is 0 Å². The minimum atomic E-state index is -0.291. The Labute approximate surface area is 101 Å². The fourth-order valence-corrected chi connectivity index (χ4v) is 1.70. The van der Waals surface area contributed by atoms with Crippen LogP contribution < -0.4 is 5.32 Å². The van der Waals surface area contributed by atoms with Crippen LogP contribution in [0.2, 0.25) is 0 Å². The van der Waals surface area contributed by atoms with E-state index in [1.54, 1.807) is 6.20 Å². The molecule has 1 heterocycles. The molecule has 2 nitrogen and oxygen atoms in total. The van der Waals surface area contributed by atoms with Gasteiger partial charge in [-0.25, -0.2) is 4.39 Å². The Morgan fingerprint density at radius 1 is 1.18 bits per heavy atom. The summed E-state index contributed by atoms with van der Waals surface area (Å²) in [5.74, 6) is -0.291. The number of nitrogens with one attached hydrogen (secondary N) is 1. The zero-order valence-electron chi connectivity index (χ0n) is 9.78. The molecule has 0 aliphatic rings. The summed E-state index contributed by atoms with van der Waals surface area (Å²) in [6, 6.07) is 9.72. The lowest BCUT2D eigenvalue weighted by Crippen LogP contribution is -2.13. The largest absolute Gasteiger partial charge is 0.309 e. The van der Waals surface area contributed by atoms with Gasteiger partial charge in [-0.3, -0.25) is 4.98 Å². The second-order valence-corrected chi connectivity index (χ2v) is 4.04. The van der Waals surface area contributed by atoms with Gasteiger partial charge in [0.2, 0.25) is 0 Å². The summed E-state index contributed by atoms with van der Waals surface area (Å²) in [4.78, 5) is 3.81. The van der Waals surface area contributed by atoms with Gasteiger partial charge < -0.3 is 5.32 Å². The quantitative estimate of drug-likeness (QED) is 0.873. The average molecular weight is 230 g/mol. The molecule has 0 aliphatic heterocycles. The van der Waals surface area contributed by atoms with Crippen molar-refractivity contribution in [1.29, 1.82) is 0 Å². The molecule has 2 rings (SSSR count). The van der Waals surface area contributed by atoms with E-state index < -0.39 is 0 Å². The molecule has 2 aromatic rings. The average Bonchev–Trinajstić information content (AvgIpc) is 2.32. The van der Waals surface area contributed by atoms with Crippen molar-refractivity contribution in [1.82, 2.24) is 10.3 Å². The zero-order chi connectivity index (χ0) is 12.1. The van der Waals surface area contributed by atoms with E-state index in [-0.39, 0.29) is 5.82 Å². The molecule has 0 saturated carbocycles. The van der Waals surface area contributed by atoms with Crippen LogP contribution in [-0.4, -0.2) is 4.98 Å². The maximum atomic E-state index is 12.9. The lowest BCUT2D eigenvalue weighted by Gasteiger charge is -2.07. The van der Waals surface area contributed by atoms with Crippen LogP contribution in [-0.2, 0) is 13.1 Å². The van der Waals surface area contributed by atoms with Gasteiger partial charge in [0.15, 0.2) is 0 Å². The number of pyridine rings is 1. The molecule has 0 aliphatic carbocycles. The minimum absolute atomic E-state index is 0.291. The first-order valence-corrected chi connectivity index (χ1v) is 5.60. The third kappa shape index (κ3) is 3.36. The Bertz CT molecular complexity index is 497. The number of benzene rings is 1. The number of halogens is 1. The standard InChI is InChI=1S/C14H15FN2/c1-11-4-2-3-5-13(11)9-16-7-12-6-14(15)10-17-8-12/h2-6,8,10,16H,7,9H2,1H3. The number of rotatable bonds is 4. The van der Waals surface area contributed by atoms with Crippen LogP contribution >= 0.6 is 0 Å². The third-order valence-electron chi connectivity index (χ3n) is 2.67. The van der Waals surface area contributed by atoms with Crippen molar-refractivity contribution in [3.05, 3.63) is 65.2 Å². The lowest BCUT2D eigenvalue weighted by atomic mass is 10.1. The van der Waals surface area contributed by atoms with Gasteiger partial charge in [0.25, 0.3) is 0 Å². The summed E-state index contributed by atoms with van der Waals surface area (Å²) in [7, 11) is 0. The highest BCUT2D eigenvalue weighted by Gasteiger charge is 1.98. The Hall–Kier alpha value is -1.74. The Morgan fingerprint density at radius 3 is 2.76 bits per heavy atom. The monoisotopic (exact) mass is 230 g/mol. The van der Waals surface area contributed by atoms with Gasteiger partial charge in [0.1, 0.15) is 5.82 Å². The smallest absolute Gasteiger partial charge is 0.141 e. The van der Waals surface area contributed by atoms with E-state index in [1.165, 1.54) is 23.4 Å². The van der Waals surface area contributed by atoms with Crippen molar-refractivity contribution < 1.29 is 4.39 Å². The van der Waals surface area contributed by atoms with Gasteiger partial charge in [-0.1, -0.05) is 24.3 Å². The van der Waals surface area contributed by atoms with Crippen LogP contribution in [0.25, 0.3) is 0 Å². The molecule has 1 N–H and O–H groups in total. The van der Waals surface area contributed by atoms with E-state index in [9.17, 15) is 4.39 Å². The highest BCUT2D eigenvalue weighted by Crippen LogP contribution is 2.07. The van der Waals surface area contributed by atoms with Crippen LogP contribution in [0.5, 0.6) is 0 Å². The molecule has 0 bridgehead atoms. The van der Waals surface area contributed by atoms with Gasteiger partial charge in [0, 0.05) is 19.3 Å². The van der Waals surface area contributed by atoms with Gasteiger partial charge in [-0.05, 0) is 29.7 Å². The predicted octanol–water partition coefficient (Wildman–Crippen LogP) is 2.82. The molecule has 0 fully saturated rings. The zero-order valence-corrected chi connectivity index (χ0v) is 9.78. The second-order valence-electron chi connectivity index (χ2n) is 4.04. The molecule has 0 atom stereocenters. The molecule has 3 heteroatoms. The highest BCUT2D eigenvalue weighted by molar-refractivity contribution is 5.25. The summed E-state index contributed by atoms with van der Waals surface area (Å²) < 4.78 is 12.9. The van der Waals surface area contributed by atoms with E-state index in [2.05, 4.69) is 29.4 Å². The van der Waals surface area contributed by atoms with Crippen molar-refractivity contribution >= 4 is 0 Å². The van der Waals surface area contributed by atoms with Crippen molar-refractivity contribution in [3.63, 3.8) is 0 Å². The first kappa shape index (κ1) is 11.7.